The van der Waals surface area contributed by atoms with Crippen LogP contribution < -0.4 is 22.9 Å². The van der Waals surface area contributed by atoms with Crippen LogP contribution in [0.2, 0.25) is 0 Å². The van der Waals surface area contributed by atoms with E-state index in [1.165, 1.54) is 77.9 Å². The van der Waals surface area contributed by atoms with Crippen molar-refractivity contribution < 1.29 is 38.0 Å². The summed E-state index contributed by atoms with van der Waals surface area (Å²) in [5.74, 6) is 0. The second kappa shape index (κ2) is 43.9. The highest BCUT2D eigenvalue weighted by molar-refractivity contribution is 5.89. The average Bonchev–Trinajstić information content (AvgIpc) is 1.61. The van der Waals surface area contributed by atoms with E-state index in [1.54, 1.807) is 24.3 Å². The van der Waals surface area contributed by atoms with Gasteiger partial charge in [0.1, 0.15) is 12.6 Å². The van der Waals surface area contributed by atoms with Crippen LogP contribution in [0.5, 0.6) is 0 Å². The Bertz CT molecular complexity index is 4490. The van der Waals surface area contributed by atoms with Crippen LogP contribution in [0.1, 0.15) is 119 Å². The van der Waals surface area contributed by atoms with Gasteiger partial charge in [-0.1, -0.05) is 242 Å². The first-order chi connectivity index (χ1) is 54.1. The summed E-state index contributed by atoms with van der Waals surface area (Å²) in [5, 5.41) is 0. The molecule has 0 unspecified atom stereocenters. The van der Waals surface area contributed by atoms with E-state index in [9.17, 15) is 9.59 Å². The van der Waals surface area contributed by atoms with E-state index in [0.29, 0.717) is 110 Å². The van der Waals surface area contributed by atoms with Gasteiger partial charge in [-0.3, -0.25) is 24.6 Å². The van der Waals surface area contributed by atoms with E-state index in [1.807, 2.05) is 42.9 Å². The zero-order chi connectivity index (χ0) is 76.9. The number of carbonyl (C=O) groups is 2. The van der Waals surface area contributed by atoms with Gasteiger partial charge >= 0.3 is 0 Å². The van der Waals surface area contributed by atoms with Crippen LogP contribution in [0, 0.1) is 13.8 Å². The minimum atomic E-state index is -0.404. The van der Waals surface area contributed by atoms with Crippen molar-refractivity contribution in [3.8, 4) is 22.3 Å². The molecule has 8 N–H and O–H groups in total. The molecular weight excluding hydrogens is 1370 g/mol. The van der Waals surface area contributed by atoms with E-state index in [0.717, 1.165) is 78.6 Å². The number of aliphatic imine (C=N–C) groups is 3. The minimum Gasteiger partial charge on any atom is -0.399 e. The van der Waals surface area contributed by atoms with Crippen molar-refractivity contribution >= 4 is 48.3 Å². The number of benzene rings is 11. The standard InChI is InChI=1S/C52H53N3O3.C25H20N2.C10H24N2O3.C8H6O2/c1-40-13-17-42(18-14-40)37-53-29-7-31-56-33-35-58-36-34-57-32-8-30-54-38-43-19-21-44(22-20-43)39-55-47-27-25-46(26-28-47)52(45-23-15-41(2)16-24-45)50-11-5-3-9-48(50)49-10-4-6-12-51(49)52;26-19-13-9-17(10-14-19)25(18-11-15-20(27)16-12-18)23-7-3-1-5-21(23)22-6-2-4-8-24(22)25;11-3-1-5-13-7-9-15-10-8-14-6-2-4-12;9-5-7-1-2-8(6-10)4-3-7/h3-6,9-28,37-39H,7-8,29-36H2,1-2H3;1-16H,26-27H2;1-12H2;1-6H. The Hall–Kier alpha value is -11.0. The number of nitrogens with zero attached hydrogens (tertiary/aromatic N) is 3. The number of carbonyl (C=O) groups excluding carboxylic acids is 2. The van der Waals surface area contributed by atoms with Crippen LogP contribution in [0.4, 0.5) is 17.1 Å². The Morgan fingerprint density at radius 1 is 0.300 bits per heavy atom. The number of aldehydes is 2. The van der Waals surface area contributed by atoms with Crippen molar-refractivity contribution in [3.05, 3.63) is 350 Å². The van der Waals surface area contributed by atoms with Crippen LogP contribution in [-0.4, -0.2) is 137 Å². The third kappa shape index (κ3) is 22.4. The number of aryl methyl sites for hydroxylation is 2. The molecule has 0 spiro atoms. The van der Waals surface area contributed by atoms with E-state index in [-0.39, 0.29) is 5.41 Å². The van der Waals surface area contributed by atoms with Crippen LogP contribution in [0.3, 0.4) is 0 Å². The molecule has 0 bridgehead atoms. The molecule has 15 nitrogen and oxygen atoms in total. The number of ether oxygens (including phenoxy) is 6. The van der Waals surface area contributed by atoms with Gasteiger partial charge < -0.3 is 51.4 Å². The predicted octanol–water partition coefficient (Wildman–Crippen LogP) is 17.0. The summed E-state index contributed by atoms with van der Waals surface area (Å²) < 4.78 is 32.7. The maximum absolute atomic E-state index is 10.1. The molecule has 2 aliphatic rings. The highest BCUT2D eigenvalue weighted by Crippen LogP contribution is 2.57. The summed E-state index contributed by atoms with van der Waals surface area (Å²) >= 11 is 0. The molecule has 2 aliphatic carbocycles. The first kappa shape index (κ1) is 81.6. The zero-order valence-electron chi connectivity index (χ0n) is 63.3. The molecule has 110 heavy (non-hydrogen) atoms. The van der Waals surface area contributed by atoms with Gasteiger partial charge in [0.25, 0.3) is 0 Å². The van der Waals surface area contributed by atoms with Gasteiger partial charge in [-0.15, -0.1) is 0 Å². The number of hydrogen-bond donors (Lipinski definition) is 4. The third-order valence-electron chi connectivity index (χ3n) is 19.1. The van der Waals surface area contributed by atoms with E-state index in [2.05, 4.69) is 242 Å². The lowest BCUT2D eigenvalue weighted by Crippen LogP contribution is -2.28. The second-order valence-corrected chi connectivity index (χ2v) is 26.8. The molecule has 0 aromatic heterocycles. The van der Waals surface area contributed by atoms with Crippen molar-refractivity contribution in [2.24, 2.45) is 26.4 Å². The third-order valence-corrected chi connectivity index (χ3v) is 19.1. The van der Waals surface area contributed by atoms with Gasteiger partial charge in [-0.25, -0.2) is 0 Å². The minimum absolute atomic E-state index is 0.380. The first-order valence-electron chi connectivity index (χ1n) is 38.0. The molecule has 0 heterocycles. The van der Waals surface area contributed by atoms with Gasteiger partial charge in [0.2, 0.25) is 0 Å². The summed E-state index contributed by atoms with van der Waals surface area (Å²) in [6.07, 6.45) is 10.8. The van der Waals surface area contributed by atoms with Gasteiger partial charge in [-0.05, 0) is 172 Å². The quantitative estimate of drug-likeness (QED) is 0.0124. The molecule has 13 rings (SSSR count). The fourth-order valence-electron chi connectivity index (χ4n) is 13.5. The zero-order valence-corrected chi connectivity index (χ0v) is 63.3. The van der Waals surface area contributed by atoms with Crippen LogP contribution in [0.25, 0.3) is 22.3 Å². The summed E-state index contributed by atoms with van der Waals surface area (Å²) in [4.78, 5) is 34.1. The highest BCUT2D eigenvalue weighted by Gasteiger charge is 2.47. The van der Waals surface area contributed by atoms with Crippen LogP contribution in [0.15, 0.2) is 282 Å². The summed E-state index contributed by atoms with van der Waals surface area (Å²) in [7, 11) is 0. The van der Waals surface area contributed by atoms with Gasteiger partial charge in [0.15, 0.2) is 0 Å². The fourth-order valence-corrected chi connectivity index (χ4v) is 13.5. The molecule has 566 valence electrons. The number of anilines is 2. The van der Waals surface area contributed by atoms with Crippen molar-refractivity contribution in [1.29, 1.82) is 0 Å². The molecule has 0 aliphatic heterocycles. The maximum atomic E-state index is 10.1. The molecule has 0 atom stereocenters. The molecule has 0 radical (unpaired) electrons. The Morgan fingerprint density at radius 3 is 0.891 bits per heavy atom. The fraction of sp³-hybridized carbons (Fsp3) is 0.253. The van der Waals surface area contributed by atoms with Crippen molar-refractivity contribution in [2.75, 3.05) is 117 Å². The van der Waals surface area contributed by atoms with E-state index < -0.39 is 5.41 Å². The molecule has 11 aromatic carbocycles. The van der Waals surface area contributed by atoms with Crippen molar-refractivity contribution in [3.63, 3.8) is 0 Å². The largest absolute Gasteiger partial charge is 0.399 e. The van der Waals surface area contributed by atoms with Crippen LogP contribution in [-0.2, 0) is 39.3 Å². The molecule has 0 fully saturated rings. The van der Waals surface area contributed by atoms with Gasteiger partial charge in [-0.2, -0.15) is 0 Å². The van der Waals surface area contributed by atoms with Gasteiger partial charge in [0, 0.05) is 80.7 Å². The monoisotopic (exact) mass is 1470 g/mol. The molecule has 0 saturated carbocycles. The molecular formula is C95H103N7O8. The number of rotatable bonds is 36. The van der Waals surface area contributed by atoms with E-state index in [4.69, 9.17) is 56.3 Å². The topological polar surface area (TPSA) is 231 Å². The second-order valence-electron chi connectivity index (χ2n) is 26.8. The molecule has 15 heteroatoms. The number of nitrogen functional groups attached to an aromatic ring is 2. The predicted molar refractivity (Wildman–Crippen MR) is 450 cm³/mol. The Labute approximate surface area is 649 Å². The molecule has 0 saturated heterocycles. The van der Waals surface area contributed by atoms with Crippen LogP contribution >= 0.6 is 0 Å². The summed E-state index contributed by atoms with van der Waals surface area (Å²) in [6.45, 7) is 14.6. The number of nitrogens with two attached hydrogens (primary N) is 4. The van der Waals surface area contributed by atoms with Crippen molar-refractivity contribution in [1.82, 2.24) is 0 Å². The summed E-state index contributed by atoms with van der Waals surface area (Å²) in [5.41, 5.74) is 46.5. The SMILES string of the molecule is Cc1ccc(C=NCCCOCCOCCOCCCN=Cc2ccc(C=Nc3ccc(C4(c5ccc(C)cc5)c5ccccc5-c5ccccc54)cc3)cc2)cc1.NCCCOCCOCCOCCCN.Nc1ccc(C2(c3ccc(N)cc3)c3ccccc3-c3ccccc32)cc1.O=Cc1ccc(C=O)cc1. The summed E-state index contributed by atoms with van der Waals surface area (Å²) in [6, 6.07) is 92.4. The number of hydrogen-bond acceptors (Lipinski definition) is 15. The lowest BCUT2D eigenvalue weighted by atomic mass is 9.67. The van der Waals surface area contributed by atoms with Gasteiger partial charge in [0.05, 0.1) is 69.4 Å². The Kier molecular flexibility index (Phi) is 32.5. The highest BCUT2D eigenvalue weighted by atomic mass is 16.5. The first-order valence-corrected chi connectivity index (χ1v) is 38.0. The average molecular weight is 1470 g/mol. The number of fused-ring (bicyclic) bond motifs is 6. The lowest BCUT2D eigenvalue weighted by Gasteiger charge is -2.34. The Morgan fingerprint density at radius 2 is 0.564 bits per heavy atom. The Balaban J connectivity index is 0.000000200. The molecule has 0 amide bonds. The maximum Gasteiger partial charge on any atom is 0.150 e. The smallest absolute Gasteiger partial charge is 0.150 e. The normalized spacial score (nSPS) is 12.6. The van der Waals surface area contributed by atoms with E-state index >= 15 is 0 Å². The lowest BCUT2D eigenvalue weighted by molar-refractivity contribution is 0.0143. The molecule has 11 aromatic rings. The van der Waals surface area contributed by atoms with Crippen molar-refractivity contribution in [2.45, 2.75) is 50.4 Å².